The van der Waals surface area contributed by atoms with Gasteiger partial charge in [-0.25, -0.2) is 9.69 Å². The van der Waals surface area contributed by atoms with Gasteiger partial charge in [0.15, 0.2) is 5.69 Å². The SMILES string of the molecule is O=C(NN1CCCC1)c1nn(-c2ccc(Cl)cc2Cl)c2c1CCc1sc(Cl)cc1-2. The van der Waals surface area contributed by atoms with Gasteiger partial charge in [-0.2, -0.15) is 5.10 Å². The molecule has 1 aliphatic carbocycles. The first-order valence-corrected chi connectivity index (χ1v) is 11.4. The number of benzene rings is 1. The Hall–Kier alpha value is -1.57. The first-order valence-electron chi connectivity index (χ1n) is 9.43. The molecule has 0 radical (unpaired) electrons. The lowest BCUT2D eigenvalue weighted by atomic mass is 9.94. The predicted molar refractivity (Wildman–Crippen MR) is 118 cm³/mol. The highest BCUT2D eigenvalue weighted by Gasteiger charge is 2.31. The third-order valence-electron chi connectivity index (χ3n) is 5.34. The summed E-state index contributed by atoms with van der Waals surface area (Å²) < 4.78 is 2.48. The molecule has 1 fully saturated rings. The molecule has 1 N–H and O–H groups in total. The van der Waals surface area contributed by atoms with Gasteiger partial charge in [0.05, 0.1) is 20.7 Å². The first-order chi connectivity index (χ1) is 14.0. The Labute approximate surface area is 187 Å². The second-order valence-electron chi connectivity index (χ2n) is 7.21. The largest absolute Gasteiger partial charge is 0.286 e. The number of carbonyl (C=O) groups is 1. The molecule has 0 saturated carbocycles. The number of thiophene rings is 1. The highest BCUT2D eigenvalue weighted by Crippen LogP contribution is 2.43. The molecule has 2 aliphatic rings. The van der Waals surface area contributed by atoms with Crippen molar-refractivity contribution in [3.05, 3.63) is 54.8 Å². The maximum Gasteiger partial charge on any atom is 0.286 e. The molecule has 0 bridgehead atoms. The lowest BCUT2D eigenvalue weighted by Gasteiger charge is -2.17. The van der Waals surface area contributed by atoms with Crippen molar-refractivity contribution >= 4 is 52.0 Å². The third kappa shape index (κ3) is 3.47. The fourth-order valence-corrected chi connectivity index (χ4v) is 5.78. The van der Waals surface area contributed by atoms with Gasteiger partial charge in [-0.15, -0.1) is 11.3 Å². The number of fused-ring (bicyclic) bond motifs is 3. The molecule has 150 valence electrons. The molecule has 3 heterocycles. The average Bonchev–Trinajstić information content (AvgIpc) is 3.39. The molecule has 29 heavy (non-hydrogen) atoms. The number of hydrogen-bond acceptors (Lipinski definition) is 4. The van der Waals surface area contributed by atoms with Crippen LogP contribution in [0.5, 0.6) is 0 Å². The van der Waals surface area contributed by atoms with Crippen molar-refractivity contribution in [2.24, 2.45) is 0 Å². The number of nitrogens with zero attached hydrogens (tertiary/aromatic N) is 3. The molecule has 1 saturated heterocycles. The van der Waals surface area contributed by atoms with Crippen LogP contribution in [0.25, 0.3) is 16.9 Å². The van der Waals surface area contributed by atoms with E-state index in [1.54, 1.807) is 28.2 Å². The minimum absolute atomic E-state index is 0.184. The molecular weight excluding hydrogens is 451 g/mol. The Kier molecular flexibility index (Phi) is 5.08. The number of hydrazine groups is 1. The number of carbonyl (C=O) groups excluding carboxylic acids is 1. The van der Waals surface area contributed by atoms with Crippen molar-refractivity contribution in [2.45, 2.75) is 25.7 Å². The molecular formula is C20H17Cl3N4OS. The van der Waals surface area contributed by atoms with E-state index in [4.69, 9.17) is 39.9 Å². The standard InChI is InChI=1S/C20H17Cl3N4OS/c21-11-3-5-15(14(22)9-11)27-19-12(4-6-16-13(19)10-17(23)29-16)18(24-27)20(28)25-26-7-1-2-8-26/h3,5,9-10H,1-2,4,6-8H2,(H,25,28). The van der Waals surface area contributed by atoms with E-state index >= 15 is 0 Å². The zero-order valence-electron chi connectivity index (χ0n) is 15.3. The van der Waals surface area contributed by atoms with Gasteiger partial charge in [0.25, 0.3) is 5.91 Å². The van der Waals surface area contributed by atoms with Crippen LogP contribution in [0.1, 0.15) is 33.8 Å². The Balaban J connectivity index is 1.66. The second-order valence-corrected chi connectivity index (χ2v) is 9.82. The van der Waals surface area contributed by atoms with E-state index < -0.39 is 0 Å². The van der Waals surface area contributed by atoms with Crippen LogP contribution in [0.3, 0.4) is 0 Å². The number of amides is 1. The minimum atomic E-state index is -0.184. The van der Waals surface area contributed by atoms with Crippen molar-refractivity contribution in [1.82, 2.24) is 20.2 Å². The molecule has 2 aromatic heterocycles. The lowest BCUT2D eigenvalue weighted by Crippen LogP contribution is -2.40. The van der Waals surface area contributed by atoms with Crippen LogP contribution in [0, 0.1) is 0 Å². The van der Waals surface area contributed by atoms with Crippen molar-refractivity contribution < 1.29 is 4.79 Å². The molecule has 0 spiro atoms. The summed E-state index contributed by atoms with van der Waals surface area (Å²) >= 11 is 20.5. The highest BCUT2D eigenvalue weighted by molar-refractivity contribution is 7.16. The van der Waals surface area contributed by atoms with Crippen molar-refractivity contribution in [3.63, 3.8) is 0 Å². The Bertz CT molecular complexity index is 1120. The summed E-state index contributed by atoms with van der Waals surface area (Å²) in [6, 6.07) is 7.22. The number of rotatable bonds is 3. The summed E-state index contributed by atoms with van der Waals surface area (Å²) in [4.78, 5) is 14.3. The van der Waals surface area contributed by atoms with Gasteiger partial charge >= 0.3 is 0 Å². The fraction of sp³-hybridized carbons (Fsp3) is 0.300. The maximum absolute atomic E-state index is 13.1. The summed E-state index contributed by atoms with van der Waals surface area (Å²) in [5.74, 6) is -0.184. The van der Waals surface area contributed by atoms with Gasteiger partial charge in [-0.05, 0) is 49.9 Å². The monoisotopic (exact) mass is 466 g/mol. The van der Waals surface area contributed by atoms with Crippen LogP contribution in [-0.4, -0.2) is 33.8 Å². The van der Waals surface area contributed by atoms with Crippen LogP contribution in [-0.2, 0) is 12.8 Å². The number of aryl methyl sites for hydroxylation is 1. The summed E-state index contributed by atoms with van der Waals surface area (Å²) in [7, 11) is 0. The predicted octanol–water partition coefficient (Wildman–Crippen LogP) is 5.40. The van der Waals surface area contributed by atoms with E-state index in [1.807, 2.05) is 17.1 Å². The molecule has 0 atom stereocenters. The van der Waals surface area contributed by atoms with Gasteiger partial charge in [0.1, 0.15) is 0 Å². The molecule has 9 heteroatoms. The quantitative estimate of drug-likeness (QED) is 0.561. The van der Waals surface area contributed by atoms with E-state index in [-0.39, 0.29) is 5.91 Å². The normalized spacial score (nSPS) is 16.0. The molecule has 1 amide bonds. The van der Waals surface area contributed by atoms with Crippen LogP contribution in [0.4, 0.5) is 0 Å². The van der Waals surface area contributed by atoms with Gasteiger partial charge in [-0.1, -0.05) is 34.8 Å². The van der Waals surface area contributed by atoms with E-state index in [0.717, 1.165) is 59.9 Å². The summed E-state index contributed by atoms with van der Waals surface area (Å²) in [5.41, 5.74) is 6.94. The van der Waals surface area contributed by atoms with Gasteiger partial charge in [0.2, 0.25) is 0 Å². The van der Waals surface area contributed by atoms with Crippen LogP contribution in [0.2, 0.25) is 14.4 Å². The smallest absolute Gasteiger partial charge is 0.283 e. The molecule has 3 aromatic rings. The molecule has 1 aromatic carbocycles. The van der Waals surface area contributed by atoms with Crippen molar-refractivity contribution in [2.75, 3.05) is 13.1 Å². The number of nitrogens with one attached hydrogen (secondary N) is 1. The Morgan fingerprint density at radius 3 is 2.66 bits per heavy atom. The lowest BCUT2D eigenvalue weighted by molar-refractivity contribution is 0.0819. The molecule has 5 nitrogen and oxygen atoms in total. The van der Waals surface area contributed by atoms with E-state index in [2.05, 4.69) is 5.43 Å². The highest BCUT2D eigenvalue weighted by atomic mass is 35.5. The Morgan fingerprint density at radius 2 is 1.90 bits per heavy atom. The average molecular weight is 468 g/mol. The van der Waals surface area contributed by atoms with E-state index in [9.17, 15) is 4.79 Å². The zero-order chi connectivity index (χ0) is 20.1. The topological polar surface area (TPSA) is 50.2 Å². The molecule has 1 aliphatic heterocycles. The van der Waals surface area contributed by atoms with Gasteiger partial charge in [-0.3, -0.25) is 10.2 Å². The third-order valence-corrected chi connectivity index (χ3v) is 7.20. The molecule has 0 unspecified atom stereocenters. The minimum Gasteiger partial charge on any atom is -0.283 e. The summed E-state index contributed by atoms with van der Waals surface area (Å²) in [6.45, 7) is 1.73. The van der Waals surface area contributed by atoms with Crippen LogP contribution < -0.4 is 5.43 Å². The number of hydrogen-bond donors (Lipinski definition) is 1. The van der Waals surface area contributed by atoms with Crippen molar-refractivity contribution in [1.29, 1.82) is 0 Å². The summed E-state index contributed by atoms with van der Waals surface area (Å²) in [5, 5.41) is 7.69. The van der Waals surface area contributed by atoms with E-state index in [0.29, 0.717) is 21.4 Å². The maximum atomic E-state index is 13.1. The number of halogens is 3. The summed E-state index contributed by atoms with van der Waals surface area (Å²) in [6.07, 6.45) is 3.74. The van der Waals surface area contributed by atoms with Gasteiger partial charge < -0.3 is 0 Å². The zero-order valence-corrected chi connectivity index (χ0v) is 18.4. The number of aromatic nitrogens is 2. The van der Waals surface area contributed by atoms with Crippen LogP contribution in [0.15, 0.2) is 24.3 Å². The Morgan fingerprint density at radius 1 is 1.10 bits per heavy atom. The second kappa shape index (κ2) is 7.60. The van der Waals surface area contributed by atoms with Crippen molar-refractivity contribution in [3.8, 4) is 16.9 Å². The fourth-order valence-electron chi connectivity index (χ4n) is 4.02. The van der Waals surface area contributed by atoms with E-state index in [1.165, 1.54) is 4.88 Å². The van der Waals surface area contributed by atoms with Crippen LogP contribution >= 0.6 is 46.1 Å². The molecule has 5 rings (SSSR count). The van der Waals surface area contributed by atoms with Gasteiger partial charge in [0, 0.05) is 34.1 Å². The first kappa shape index (κ1) is 19.4.